The molecule has 7 nitrogen and oxygen atoms in total. The molecule has 0 saturated heterocycles. The summed E-state index contributed by atoms with van der Waals surface area (Å²) in [4.78, 5) is 0. The zero-order valence-electron chi connectivity index (χ0n) is 7.22. The molecule has 0 aliphatic heterocycles. The van der Waals surface area contributed by atoms with E-state index in [9.17, 15) is 0 Å². The Morgan fingerprint density at radius 1 is 1.07 bits per heavy atom. The Hall–Kier alpha value is -0.860. The van der Waals surface area contributed by atoms with Crippen molar-refractivity contribution in [2.75, 3.05) is 6.61 Å². The lowest BCUT2D eigenvalue weighted by atomic mass is 10.0. The summed E-state index contributed by atoms with van der Waals surface area (Å²) in [6.07, 6.45) is -7.19. The molecule has 0 aromatic heterocycles. The van der Waals surface area contributed by atoms with Crippen molar-refractivity contribution in [3.05, 3.63) is 12.0 Å². The van der Waals surface area contributed by atoms with Crippen molar-refractivity contribution in [2.45, 2.75) is 24.4 Å². The molecule has 0 spiro atoms. The topological polar surface area (TPSA) is 142 Å². The summed E-state index contributed by atoms with van der Waals surface area (Å²) in [6, 6.07) is 0. The first-order chi connectivity index (χ1) is 6.45. The van der Waals surface area contributed by atoms with Gasteiger partial charge in [0.15, 0.2) is 5.76 Å². The first-order valence-electron chi connectivity index (χ1n) is 3.82. The van der Waals surface area contributed by atoms with Gasteiger partial charge in [-0.3, -0.25) is 0 Å². The Morgan fingerprint density at radius 2 is 1.57 bits per heavy atom. The molecule has 0 aliphatic carbocycles. The molecule has 0 aromatic carbocycles. The van der Waals surface area contributed by atoms with E-state index in [4.69, 9.17) is 35.7 Å². The number of rotatable bonds is 5. The van der Waals surface area contributed by atoms with Crippen LogP contribution in [0.25, 0.3) is 0 Å². The maximum atomic E-state index is 9.11. The van der Waals surface area contributed by atoms with E-state index in [2.05, 4.69) is 0 Å². The molecule has 0 bridgehead atoms. The smallest absolute Gasteiger partial charge is 0.158 e. The van der Waals surface area contributed by atoms with Gasteiger partial charge in [0, 0.05) is 0 Å². The summed E-state index contributed by atoms with van der Waals surface area (Å²) < 4.78 is 0. The lowest BCUT2D eigenvalue weighted by molar-refractivity contribution is -0.113. The van der Waals surface area contributed by atoms with Gasteiger partial charge < -0.3 is 35.7 Å². The minimum atomic E-state index is -1.93. The number of aliphatic hydroxyl groups excluding tert-OH is 7. The standard InChI is InChI=1S/C7H14O7/c8-1-3(10)5(12)7(14)6(13)4(11)2-9/h1,4-14H,2H2. The molecule has 0 heterocycles. The van der Waals surface area contributed by atoms with Crippen LogP contribution in [0.2, 0.25) is 0 Å². The maximum absolute atomic E-state index is 9.11. The first-order valence-corrected chi connectivity index (χ1v) is 3.82. The predicted octanol–water partition coefficient (Wildman–Crippen LogP) is -2.62. The third-order valence-electron chi connectivity index (χ3n) is 1.69. The van der Waals surface area contributed by atoms with Crippen LogP contribution in [0.4, 0.5) is 0 Å². The molecule has 0 saturated carbocycles. The fourth-order valence-electron chi connectivity index (χ4n) is 0.774. The Labute approximate surface area is 79.8 Å². The van der Waals surface area contributed by atoms with Gasteiger partial charge in [-0.2, -0.15) is 0 Å². The number of aliphatic hydroxyl groups is 7. The molecule has 0 aromatic rings. The van der Waals surface area contributed by atoms with E-state index in [0.717, 1.165) is 0 Å². The summed E-state index contributed by atoms with van der Waals surface area (Å²) in [5.41, 5.74) is 0. The Kier molecular flexibility index (Phi) is 5.43. The van der Waals surface area contributed by atoms with E-state index in [-0.39, 0.29) is 6.26 Å². The molecular formula is C7H14O7. The van der Waals surface area contributed by atoms with Crippen molar-refractivity contribution >= 4 is 0 Å². The summed E-state index contributed by atoms with van der Waals surface area (Å²) in [5.74, 6) is -0.957. The number of hydrogen-bond acceptors (Lipinski definition) is 7. The van der Waals surface area contributed by atoms with Gasteiger partial charge in [-0.05, 0) is 0 Å². The fourth-order valence-corrected chi connectivity index (χ4v) is 0.774. The molecule has 0 fully saturated rings. The maximum Gasteiger partial charge on any atom is 0.158 e. The minimum Gasteiger partial charge on any atom is -0.512 e. The zero-order valence-corrected chi connectivity index (χ0v) is 7.22. The Morgan fingerprint density at radius 3 is 1.93 bits per heavy atom. The van der Waals surface area contributed by atoms with Crippen molar-refractivity contribution in [3.63, 3.8) is 0 Å². The van der Waals surface area contributed by atoms with Gasteiger partial charge in [-0.25, -0.2) is 0 Å². The second-order valence-electron chi connectivity index (χ2n) is 2.73. The van der Waals surface area contributed by atoms with E-state index in [1.165, 1.54) is 0 Å². The van der Waals surface area contributed by atoms with E-state index < -0.39 is 36.8 Å². The SMILES string of the molecule is OC=C(O)C(O)C(O)C(O)C(O)CO. The fraction of sp³-hybridized carbons (Fsp3) is 0.714. The molecule has 0 radical (unpaired) electrons. The van der Waals surface area contributed by atoms with Crippen LogP contribution in [0.1, 0.15) is 0 Å². The van der Waals surface area contributed by atoms with Gasteiger partial charge in [-0.15, -0.1) is 0 Å². The summed E-state index contributed by atoms with van der Waals surface area (Å²) >= 11 is 0. The molecule has 4 unspecified atom stereocenters. The predicted molar refractivity (Wildman–Crippen MR) is 44.5 cm³/mol. The lowest BCUT2D eigenvalue weighted by Crippen LogP contribution is -2.46. The second-order valence-corrected chi connectivity index (χ2v) is 2.73. The summed E-state index contributed by atoms with van der Waals surface area (Å²) in [6.45, 7) is -0.811. The van der Waals surface area contributed by atoms with Crippen LogP contribution in [0.5, 0.6) is 0 Å². The average Bonchev–Trinajstić information content (AvgIpc) is 2.23. The van der Waals surface area contributed by atoms with Crippen LogP contribution >= 0.6 is 0 Å². The minimum absolute atomic E-state index is 0.145. The van der Waals surface area contributed by atoms with Gasteiger partial charge >= 0.3 is 0 Å². The van der Waals surface area contributed by atoms with Crippen molar-refractivity contribution in [2.24, 2.45) is 0 Å². The van der Waals surface area contributed by atoms with E-state index in [1.54, 1.807) is 0 Å². The second kappa shape index (κ2) is 5.78. The van der Waals surface area contributed by atoms with Crippen molar-refractivity contribution in [3.8, 4) is 0 Å². The number of hydrogen-bond donors (Lipinski definition) is 7. The molecule has 0 rings (SSSR count). The third kappa shape index (κ3) is 3.13. The molecule has 7 heteroatoms. The monoisotopic (exact) mass is 210 g/mol. The molecular weight excluding hydrogens is 196 g/mol. The average molecular weight is 210 g/mol. The van der Waals surface area contributed by atoms with Crippen molar-refractivity contribution in [1.82, 2.24) is 0 Å². The highest BCUT2D eigenvalue weighted by Crippen LogP contribution is 2.09. The lowest BCUT2D eigenvalue weighted by Gasteiger charge is -2.24. The summed E-state index contributed by atoms with van der Waals surface area (Å²) in [7, 11) is 0. The molecule has 84 valence electrons. The molecule has 0 amide bonds. The highest BCUT2D eigenvalue weighted by atomic mass is 16.4. The molecule has 4 atom stereocenters. The van der Waals surface area contributed by atoms with E-state index >= 15 is 0 Å². The van der Waals surface area contributed by atoms with Gasteiger partial charge in [0.1, 0.15) is 30.7 Å². The summed E-state index contributed by atoms with van der Waals surface area (Å²) in [5, 5.41) is 61.5. The van der Waals surface area contributed by atoms with E-state index in [1.807, 2.05) is 0 Å². The Bertz CT molecular complexity index is 192. The van der Waals surface area contributed by atoms with Gasteiger partial charge in [0.25, 0.3) is 0 Å². The highest BCUT2D eigenvalue weighted by Gasteiger charge is 2.32. The van der Waals surface area contributed by atoms with Crippen LogP contribution in [0.3, 0.4) is 0 Å². The highest BCUT2D eigenvalue weighted by molar-refractivity contribution is 4.99. The first kappa shape index (κ1) is 13.1. The largest absolute Gasteiger partial charge is 0.512 e. The van der Waals surface area contributed by atoms with Crippen molar-refractivity contribution in [1.29, 1.82) is 0 Å². The quantitative estimate of drug-likeness (QED) is 0.246. The van der Waals surface area contributed by atoms with Crippen molar-refractivity contribution < 1.29 is 35.7 Å². The third-order valence-corrected chi connectivity index (χ3v) is 1.69. The molecule has 7 N–H and O–H groups in total. The Balaban J connectivity index is 4.38. The van der Waals surface area contributed by atoms with Crippen LogP contribution in [-0.2, 0) is 0 Å². The molecule has 0 aliphatic rings. The molecule has 14 heavy (non-hydrogen) atoms. The van der Waals surface area contributed by atoms with Crippen LogP contribution < -0.4 is 0 Å². The van der Waals surface area contributed by atoms with Gasteiger partial charge in [0.05, 0.1) is 6.61 Å². The van der Waals surface area contributed by atoms with Crippen LogP contribution in [-0.4, -0.2) is 66.8 Å². The van der Waals surface area contributed by atoms with Gasteiger partial charge in [-0.1, -0.05) is 0 Å². The van der Waals surface area contributed by atoms with Crippen LogP contribution in [0, 0.1) is 0 Å². The van der Waals surface area contributed by atoms with Gasteiger partial charge in [0.2, 0.25) is 0 Å². The van der Waals surface area contributed by atoms with Crippen LogP contribution in [0.15, 0.2) is 12.0 Å². The zero-order chi connectivity index (χ0) is 11.3. The van der Waals surface area contributed by atoms with E-state index in [0.29, 0.717) is 0 Å². The normalized spacial score (nSPS) is 21.4.